The van der Waals surface area contributed by atoms with Crippen LogP contribution >= 0.6 is 0 Å². The van der Waals surface area contributed by atoms with Crippen molar-refractivity contribution in [3.8, 4) is 0 Å². The molecule has 1 fully saturated rings. The Morgan fingerprint density at radius 3 is 2.53 bits per heavy atom. The highest BCUT2D eigenvalue weighted by Gasteiger charge is 2.41. The standard InChI is InChI=1S/C11H15NO3/c1-4-8(7-13)12-9(5-2)10(6-3)15-11(12)14/h4-6,8-10,13H,1-3,7H2/t8-,9+,10+/m1/s1. The predicted octanol–water partition coefficient (Wildman–Crippen LogP) is 1.09. The first-order valence-electron chi connectivity index (χ1n) is 4.67. The zero-order chi connectivity index (χ0) is 11.4. The van der Waals surface area contributed by atoms with Gasteiger partial charge in [0.05, 0.1) is 18.7 Å². The quantitative estimate of drug-likeness (QED) is 0.690. The van der Waals surface area contributed by atoms with Crippen molar-refractivity contribution in [2.45, 2.75) is 18.2 Å². The van der Waals surface area contributed by atoms with Crippen LogP contribution in [0.25, 0.3) is 0 Å². The van der Waals surface area contributed by atoms with Crippen molar-refractivity contribution < 1.29 is 14.6 Å². The van der Waals surface area contributed by atoms with E-state index in [1.807, 2.05) is 0 Å². The Labute approximate surface area is 89.1 Å². The minimum absolute atomic E-state index is 0.188. The molecule has 0 spiro atoms. The van der Waals surface area contributed by atoms with Gasteiger partial charge in [-0.25, -0.2) is 4.79 Å². The van der Waals surface area contributed by atoms with Crippen molar-refractivity contribution in [1.29, 1.82) is 0 Å². The van der Waals surface area contributed by atoms with Gasteiger partial charge in [0, 0.05) is 0 Å². The third-order valence-corrected chi connectivity index (χ3v) is 2.40. The molecule has 4 heteroatoms. The maximum absolute atomic E-state index is 11.5. The predicted molar refractivity (Wildman–Crippen MR) is 57.4 cm³/mol. The number of carbonyl (C=O) groups excluding carboxylic acids is 1. The van der Waals surface area contributed by atoms with Crippen LogP contribution < -0.4 is 0 Å². The fourth-order valence-electron chi connectivity index (χ4n) is 1.59. The Kier molecular flexibility index (Phi) is 3.68. The smallest absolute Gasteiger partial charge is 0.411 e. The third kappa shape index (κ3) is 1.94. The van der Waals surface area contributed by atoms with Gasteiger partial charge in [-0.05, 0) is 6.08 Å². The normalized spacial score (nSPS) is 27.0. The molecule has 0 saturated carbocycles. The van der Waals surface area contributed by atoms with E-state index >= 15 is 0 Å². The molecule has 1 aliphatic heterocycles. The summed E-state index contributed by atoms with van der Waals surface area (Å²) in [4.78, 5) is 12.9. The Morgan fingerprint density at radius 2 is 2.13 bits per heavy atom. The first-order chi connectivity index (χ1) is 7.19. The monoisotopic (exact) mass is 209 g/mol. The topological polar surface area (TPSA) is 49.8 Å². The molecule has 1 rings (SSSR count). The summed E-state index contributed by atoms with van der Waals surface area (Å²) < 4.78 is 5.05. The molecule has 1 heterocycles. The van der Waals surface area contributed by atoms with E-state index in [1.165, 1.54) is 11.0 Å². The van der Waals surface area contributed by atoms with Gasteiger partial charge >= 0.3 is 6.09 Å². The summed E-state index contributed by atoms with van der Waals surface area (Å²) in [6.45, 7) is 10.6. The average molecular weight is 209 g/mol. The summed E-state index contributed by atoms with van der Waals surface area (Å²) in [6, 6.07) is -0.754. The van der Waals surface area contributed by atoms with Gasteiger partial charge in [0.25, 0.3) is 0 Å². The van der Waals surface area contributed by atoms with Crippen LogP contribution in [0.5, 0.6) is 0 Å². The van der Waals surface area contributed by atoms with Crippen molar-refractivity contribution in [2.24, 2.45) is 0 Å². The van der Waals surface area contributed by atoms with E-state index in [9.17, 15) is 4.79 Å². The first kappa shape index (κ1) is 11.5. The van der Waals surface area contributed by atoms with Gasteiger partial charge in [0.1, 0.15) is 6.10 Å². The van der Waals surface area contributed by atoms with E-state index in [0.717, 1.165) is 0 Å². The summed E-state index contributed by atoms with van der Waals surface area (Å²) in [5, 5.41) is 9.10. The molecule has 3 atom stereocenters. The second-order valence-corrected chi connectivity index (χ2v) is 3.20. The largest absolute Gasteiger partial charge is 0.439 e. The van der Waals surface area contributed by atoms with Crippen molar-refractivity contribution in [3.63, 3.8) is 0 Å². The molecule has 1 N–H and O–H groups in total. The molecule has 15 heavy (non-hydrogen) atoms. The van der Waals surface area contributed by atoms with E-state index in [4.69, 9.17) is 9.84 Å². The molecule has 0 aromatic heterocycles. The minimum Gasteiger partial charge on any atom is -0.439 e. The molecular formula is C11H15NO3. The molecule has 0 aromatic carbocycles. The Hall–Kier alpha value is -1.55. The first-order valence-corrected chi connectivity index (χ1v) is 4.67. The average Bonchev–Trinajstić information content (AvgIpc) is 2.57. The second-order valence-electron chi connectivity index (χ2n) is 3.20. The molecule has 1 saturated heterocycles. The van der Waals surface area contributed by atoms with Crippen LogP contribution in [-0.4, -0.2) is 40.9 Å². The fraction of sp³-hybridized carbons (Fsp3) is 0.364. The Bertz CT molecular complexity index is 288. The minimum atomic E-state index is -0.483. The number of carbonyl (C=O) groups is 1. The van der Waals surface area contributed by atoms with Crippen LogP contribution in [0.3, 0.4) is 0 Å². The van der Waals surface area contributed by atoms with Crippen LogP contribution in [0.4, 0.5) is 4.79 Å². The summed E-state index contributed by atoms with van der Waals surface area (Å²) in [6.07, 6.45) is 3.75. The van der Waals surface area contributed by atoms with Gasteiger partial charge < -0.3 is 9.84 Å². The molecular weight excluding hydrogens is 194 g/mol. The van der Waals surface area contributed by atoms with Crippen LogP contribution in [0.1, 0.15) is 0 Å². The van der Waals surface area contributed by atoms with Crippen molar-refractivity contribution in [1.82, 2.24) is 4.90 Å². The summed E-state index contributed by atoms with van der Waals surface area (Å²) in [5.41, 5.74) is 0. The van der Waals surface area contributed by atoms with Crippen molar-refractivity contribution in [3.05, 3.63) is 38.0 Å². The number of ether oxygens (including phenoxy) is 1. The molecule has 1 aliphatic rings. The number of hydrogen-bond donors (Lipinski definition) is 1. The Morgan fingerprint density at radius 1 is 1.47 bits per heavy atom. The second kappa shape index (κ2) is 4.79. The molecule has 0 aliphatic carbocycles. The van der Waals surface area contributed by atoms with Gasteiger partial charge in [0.2, 0.25) is 0 Å². The van der Waals surface area contributed by atoms with E-state index in [0.29, 0.717) is 0 Å². The van der Waals surface area contributed by atoms with Crippen LogP contribution in [-0.2, 0) is 4.74 Å². The molecule has 0 unspecified atom stereocenters. The van der Waals surface area contributed by atoms with Gasteiger partial charge in [0.15, 0.2) is 0 Å². The molecule has 0 bridgehead atoms. The molecule has 0 radical (unpaired) electrons. The highest BCUT2D eigenvalue weighted by molar-refractivity contribution is 5.72. The van der Waals surface area contributed by atoms with Crippen molar-refractivity contribution >= 4 is 6.09 Å². The summed E-state index contributed by atoms with van der Waals surface area (Å²) in [5.74, 6) is 0. The van der Waals surface area contributed by atoms with E-state index < -0.39 is 18.2 Å². The lowest BCUT2D eigenvalue weighted by atomic mass is 10.1. The Balaban J connectivity index is 2.94. The zero-order valence-electron chi connectivity index (χ0n) is 8.50. The highest BCUT2D eigenvalue weighted by Crippen LogP contribution is 2.23. The lowest BCUT2D eigenvalue weighted by molar-refractivity contribution is 0.131. The molecule has 0 aromatic rings. The highest BCUT2D eigenvalue weighted by atomic mass is 16.6. The third-order valence-electron chi connectivity index (χ3n) is 2.40. The molecule has 1 amide bonds. The lowest BCUT2D eigenvalue weighted by Gasteiger charge is -2.25. The number of aliphatic hydroxyl groups is 1. The molecule has 82 valence electrons. The van der Waals surface area contributed by atoms with Crippen LogP contribution in [0.15, 0.2) is 38.0 Å². The van der Waals surface area contributed by atoms with Gasteiger partial charge in [-0.15, -0.1) is 13.2 Å². The van der Waals surface area contributed by atoms with Gasteiger partial charge in [-0.1, -0.05) is 18.7 Å². The van der Waals surface area contributed by atoms with Crippen LogP contribution in [0.2, 0.25) is 0 Å². The number of rotatable bonds is 5. The number of hydrogen-bond acceptors (Lipinski definition) is 3. The SMILES string of the molecule is C=C[C@@H]1OC(=O)N([C@H](C=C)CO)[C@H]1C=C. The van der Waals surface area contributed by atoms with E-state index in [-0.39, 0.29) is 12.6 Å². The van der Waals surface area contributed by atoms with Crippen LogP contribution in [0, 0.1) is 0 Å². The van der Waals surface area contributed by atoms with Gasteiger partial charge in [-0.3, -0.25) is 4.90 Å². The van der Waals surface area contributed by atoms with Gasteiger partial charge in [-0.2, -0.15) is 0 Å². The zero-order valence-corrected chi connectivity index (χ0v) is 8.50. The maximum atomic E-state index is 11.5. The van der Waals surface area contributed by atoms with E-state index in [2.05, 4.69) is 19.7 Å². The number of cyclic esters (lactones) is 1. The van der Waals surface area contributed by atoms with Crippen molar-refractivity contribution in [2.75, 3.05) is 6.61 Å². The molecule has 4 nitrogen and oxygen atoms in total. The lowest BCUT2D eigenvalue weighted by Crippen LogP contribution is -2.43. The number of nitrogens with zero attached hydrogens (tertiary/aromatic N) is 1. The summed E-state index contributed by atoms with van der Waals surface area (Å²) >= 11 is 0. The maximum Gasteiger partial charge on any atom is 0.411 e. The summed E-state index contributed by atoms with van der Waals surface area (Å²) in [7, 11) is 0. The fourth-order valence-corrected chi connectivity index (χ4v) is 1.59. The number of aliphatic hydroxyl groups excluding tert-OH is 1. The van der Waals surface area contributed by atoms with E-state index in [1.54, 1.807) is 12.2 Å². The number of amides is 1.